The average Bonchev–Trinajstić information content (AvgIpc) is 2.50. The predicted molar refractivity (Wildman–Crippen MR) is 64.3 cm³/mol. The smallest absolute Gasteiger partial charge is 0.352 e. The lowest BCUT2D eigenvalue weighted by molar-refractivity contribution is 0.0686. The van der Waals surface area contributed by atoms with Crippen molar-refractivity contribution in [2.24, 2.45) is 7.05 Å². The molecular formula is C12H12ClNO2. The van der Waals surface area contributed by atoms with E-state index >= 15 is 0 Å². The fourth-order valence-electron chi connectivity index (χ4n) is 2.12. The molecule has 0 unspecified atom stereocenters. The summed E-state index contributed by atoms with van der Waals surface area (Å²) < 4.78 is 1.70. The molecule has 0 saturated carbocycles. The Balaban J connectivity index is 2.91. The van der Waals surface area contributed by atoms with E-state index in [1.165, 1.54) is 0 Å². The van der Waals surface area contributed by atoms with E-state index in [9.17, 15) is 9.90 Å². The van der Waals surface area contributed by atoms with Crippen LogP contribution in [0.25, 0.3) is 10.9 Å². The molecule has 0 amide bonds. The second kappa shape index (κ2) is 3.83. The molecule has 2 aromatic rings. The maximum atomic E-state index is 11.2. The molecule has 16 heavy (non-hydrogen) atoms. The number of hydrogen-bond donors (Lipinski definition) is 1. The van der Waals surface area contributed by atoms with Crippen LogP contribution >= 0.6 is 11.6 Å². The number of carboxylic acids is 1. The van der Waals surface area contributed by atoms with Gasteiger partial charge in [-0.05, 0) is 30.2 Å². The number of fused-ring (bicyclic) bond motifs is 1. The molecular weight excluding hydrogens is 226 g/mol. The molecule has 0 spiro atoms. The summed E-state index contributed by atoms with van der Waals surface area (Å²) in [5.74, 6) is -0.897. The molecule has 2 rings (SSSR count). The van der Waals surface area contributed by atoms with Crippen LogP contribution in [0.2, 0.25) is 5.02 Å². The summed E-state index contributed by atoms with van der Waals surface area (Å²) in [6.07, 6.45) is 0.680. The quantitative estimate of drug-likeness (QED) is 0.872. The molecule has 0 bridgehead atoms. The molecule has 0 aliphatic rings. The third kappa shape index (κ3) is 1.48. The molecule has 1 aromatic carbocycles. The molecule has 0 aliphatic heterocycles. The van der Waals surface area contributed by atoms with Crippen molar-refractivity contribution in [1.82, 2.24) is 4.57 Å². The van der Waals surface area contributed by atoms with Crippen molar-refractivity contribution < 1.29 is 9.90 Å². The Kier molecular flexibility index (Phi) is 2.64. The normalized spacial score (nSPS) is 10.9. The van der Waals surface area contributed by atoms with Crippen molar-refractivity contribution in [3.05, 3.63) is 34.5 Å². The Labute approximate surface area is 98.3 Å². The van der Waals surface area contributed by atoms with Gasteiger partial charge in [-0.1, -0.05) is 18.5 Å². The average molecular weight is 238 g/mol. The van der Waals surface area contributed by atoms with Gasteiger partial charge in [-0.25, -0.2) is 4.79 Å². The number of aromatic carboxylic acids is 1. The van der Waals surface area contributed by atoms with E-state index in [4.69, 9.17) is 11.6 Å². The van der Waals surface area contributed by atoms with Crippen LogP contribution in [0.5, 0.6) is 0 Å². The van der Waals surface area contributed by atoms with Crippen molar-refractivity contribution in [3.8, 4) is 0 Å². The van der Waals surface area contributed by atoms with E-state index in [0.717, 1.165) is 16.5 Å². The van der Waals surface area contributed by atoms with Crippen LogP contribution in [0.1, 0.15) is 23.0 Å². The third-order valence-corrected chi connectivity index (χ3v) is 3.06. The van der Waals surface area contributed by atoms with Crippen LogP contribution in [0, 0.1) is 0 Å². The lowest BCUT2D eigenvalue weighted by Crippen LogP contribution is -2.06. The van der Waals surface area contributed by atoms with Crippen molar-refractivity contribution in [3.63, 3.8) is 0 Å². The number of rotatable bonds is 2. The zero-order valence-electron chi connectivity index (χ0n) is 9.12. The largest absolute Gasteiger partial charge is 0.477 e. The lowest BCUT2D eigenvalue weighted by atomic mass is 10.1. The molecule has 84 valence electrons. The topological polar surface area (TPSA) is 42.2 Å². The van der Waals surface area contributed by atoms with Crippen LogP contribution in [0.15, 0.2) is 18.2 Å². The minimum absolute atomic E-state index is 0.347. The van der Waals surface area contributed by atoms with Crippen LogP contribution in [0.4, 0.5) is 0 Å². The van der Waals surface area contributed by atoms with Gasteiger partial charge >= 0.3 is 5.97 Å². The molecule has 1 heterocycles. The third-order valence-electron chi connectivity index (χ3n) is 2.82. The maximum Gasteiger partial charge on any atom is 0.352 e. The van der Waals surface area contributed by atoms with E-state index in [-0.39, 0.29) is 0 Å². The van der Waals surface area contributed by atoms with Crippen molar-refractivity contribution in [2.45, 2.75) is 13.3 Å². The fourth-order valence-corrected chi connectivity index (χ4v) is 2.30. The minimum Gasteiger partial charge on any atom is -0.477 e. The highest BCUT2D eigenvalue weighted by Gasteiger charge is 2.18. The predicted octanol–water partition coefficient (Wildman–Crippen LogP) is 3.09. The number of halogens is 1. The van der Waals surface area contributed by atoms with E-state index in [1.54, 1.807) is 17.7 Å². The summed E-state index contributed by atoms with van der Waals surface area (Å²) in [7, 11) is 1.76. The first kappa shape index (κ1) is 11.0. The van der Waals surface area contributed by atoms with E-state index in [0.29, 0.717) is 17.1 Å². The maximum absolute atomic E-state index is 11.2. The second-order valence-electron chi connectivity index (χ2n) is 3.71. The summed E-state index contributed by atoms with van der Waals surface area (Å²) in [4.78, 5) is 11.2. The van der Waals surface area contributed by atoms with Crippen LogP contribution < -0.4 is 0 Å². The zero-order valence-corrected chi connectivity index (χ0v) is 9.88. The highest BCUT2D eigenvalue weighted by atomic mass is 35.5. The highest BCUT2D eigenvalue weighted by Crippen LogP contribution is 2.28. The van der Waals surface area contributed by atoms with Gasteiger partial charge in [0.25, 0.3) is 0 Å². The number of hydrogen-bond acceptors (Lipinski definition) is 1. The van der Waals surface area contributed by atoms with Crippen LogP contribution in [0.3, 0.4) is 0 Å². The van der Waals surface area contributed by atoms with Crippen LogP contribution in [-0.4, -0.2) is 15.6 Å². The zero-order chi connectivity index (χ0) is 11.9. The van der Waals surface area contributed by atoms with Crippen molar-refractivity contribution in [2.75, 3.05) is 0 Å². The Hall–Kier alpha value is -1.48. The number of nitrogens with zero attached hydrogens (tertiary/aromatic N) is 1. The van der Waals surface area contributed by atoms with Gasteiger partial charge in [-0.15, -0.1) is 0 Å². The van der Waals surface area contributed by atoms with E-state index < -0.39 is 5.97 Å². The Morgan fingerprint density at radius 1 is 1.50 bits per heavy atom. The van der Waals surface area contributed by atoms with Crippen molar-refractivity contribution >= 4 is 28.5 Å². The first-order valence-corrected chi connectivity index (χ1v) is 5.44. The van der Waals surface area contributed by atoms with Gasteiger partial charge in [-0.2, -0.15) is 0 Å². The highest BCUT2D eigenvalue weighted by molar-refractivity contribution is 6.31. The van der Waals surface area contributed by atoms with E-state index in [2.05, 4.69) is 0 Å². The Bertz CT molecular complexity index is 572. The molecule has 0 atom stereocenters. The summed E-state index contributed by atoms with van der Waals surface area (Å²) in [6, 6.07) is 5.44. The number of aryl methyl sites for hydroxylation is 2. The number of aromatic nitrogens is 1. The second-order valence-corrected chi connectivity index (χ2v) is 4.14. The Morgan fingerprint density at radius 3 is 2.75 bits per heavy atom. The monoisotopic (exact) mass is 237 g/mol. The number of carboxylic acid groups (broad SMARTS) is 1. The number of carbonyl (C=O) groups is 1. The van der Waals surface area contributed by atoms with Gasteiger partial charge in [0.05, 0.1) is 0 Å². The summed E-state index contributed by atoms with van der Waals surface area (Å²) >= 11 is 5.93. The fraction of sp³-hybridized carbons (Fsp3) is 0.250. The molecule has 0 radical (unpaired) electrons. The van der Waals surface area contributed by atoms with Gasteiger partial charge in [-0.3, -0.25) is 0 Å². The number of benzene rings is 1. The SMILES string of the molecule is CCc1c(C(=O)O)n(C)c2ccc(Cl)cc12. The van der Waals surface area contributed by atoms with Gasteiger partial charge in [0.2, 0.25) is 0 Å². The first-order chi connectivity index (χ1) is 7.56. The van der Waals surface area contributed by atoms with Crippen LogP contribution in [-0.2, 0) is 13.5 Å². The summed E-state index contributed by atoms with van der Waals surface area (Å²) in [5.41, 5.74) is 2.09. The lowest BCUT2D eigenvalue weighted by Gasteiger charge is -1.99. The molecule has 0 aliphatic carbocycles. The first-order valence-electron chi connectivity index (χ1n) is 5.06. The standard InChI is InChI=1S/C12H12ClNO2/c1-3-8-9-6-7(13)4-5-10(9)14(2)11(8)12(15)16/h4-6H,3H2,1-2H3,(H,15,16). The van der Waals surface area contributed by atoms with Gasteiger partial charge in [0.1, 0.15) is 5.69 Å². The minimum atomic E-state index is -0.897. The molecule has 3 nitrogen and oxygen atoms in total. The van der Waals surface area contributed by atoms with Gasteiger partial charge < -0.3 is 9.67 Å². The molecule has 1 aromatic heterocycles. The summed E-state index contributed by atoms with van der Waals surface area (Å²) in [5, 5.41) is 10.7. The molecule has 0 fully saturated rings. The van der Waals surface area contributed by atoms with Gasteiger partial charge in [0, 0.05) is 23.0 Å². The van der Waals surface area contributed by atoms with Gasteiger partial charge in [0.15, 0.2) is 0 Å². The van der Waals surface area contributed by atoms with Crippen molar-refractivity contribution in [1.29, 1.82) is 0 Å². The molecule has 0 saturated heterocycles. The Morgan fingerprint density at radius 2 is 2.19 bits per heavy atom. The summed E-state index contributed by atoms with van der Waals surface area (Å²) in [6.45, 7) is 1.95. The van der Waals surface area contributed by atoms with E-state index in [1.807, 2.05) is 19.1 Å². The molecule has 4 heteroatoms. The molecule has 1 N–H and O–H groups in total.